The molecule has 2 rings (SSSR count). The topological polar surface area (TPSA) is 48.5 Å². The molecule has 1 aromatic heterocycles. The normalized spacial score (nSPS) is 21.0. The van der Waals surface area contributed by atoms with Crippen LogP contribution in [-0.4, -0.2) is 67.0 Å². The largest absolute Gasteiger partial charge is 0.332 e. The SMILES string of the molecule is CNCC1CN(C)CCN1C(=O)c1cccnc1. The Hall–Kier alpha value is -1.46. The van der Waals surface area contributed by atoms with Crippen molar-refractivity contribution in [2.75, 3.05) is 40.3 Å². The fraction of sp³-hybridized carbons (Fsp3) is 0.538. The number of nitrogens with one attached hydrogen (secondary N) is 1. The van der Waals surface area contributed by atoms with E-state index < -0.39 is 0 Å². The molecule has 1 aliphatic heterocycles. The summed E-state index contributed by atoms with van der Waals surface area (Å²) in [5.41, 5.74) is 0.670. The first-order valence-electron chi connectivity index (χ1n) is 6.26. The van der Waals surface area contributed by atoms with Gasteiger partial charge in [0.15, 0.2) is 0 Å². The number of hydrogen-bond donors (Lipinski definition) is 1. The van der Waals surface area contributed by atoms with Crippen LogP contribution in [0.5, 0.6) is 0 Å². The standard InChI is InChI=1S/C13H20N4O/c1-14-9-12-10-16(2)6-7-17(12)13(18)11-4-3-5-15-8-11/h3-5,8,12,14H,6-7,9-10H2,1-2H3. The van der Waals surface area contributed by atoms with Gasteiger partial charge in [0, 0.05) is 38.6 Å². The third kappa shape index (κ3) is 2.86. The van der Waals surface area contributed by atoms with Gasteiger partial charge in [0.1, 0.15) is 0 Å². The van der Waals surface area contributed by atoms with Gasteiger partial charge in [-0.3, -0.25) is 9.78 Å². The van der Waals surface area contributed by atoms with Crippen molar-refractivity contribution >= 4 is 5.91 Å². The molecule has 5 heteroatoms. The minimum atomic E-state index is 0.0800. The number of nitrogens with zero attached hydrogens (tertiary/aromatic N) is 3. The van der Waals surface area contributed by atoms with E-state index in [1.54, 1.807) is 18.5 Å². The molecule has 1 aliphatic rings. The molecule has 0 aliphatic carbocycles. The highest BCUT2D eigenvalue weighted by atomic mass is 16.2. The Morgan fingerprint density at radius 3 is 3.06 bits per heavy atom. The van der Waals surface area contributed by atoms with Crippen LogP contribution in [0.4, 0.5) is 0 Å². The van der Waals surface area contributed by atoms with Gasteiger partial charge < -0.3 is 15.1 Å². The zero-order valence-corrected chi connectivity index (χ0v) is 11.0. The monoisotopic (exact) mass is 248 g/mol. The number of amides is 1. The lowest BCUT2D eigenvalue weighted by Gasteiger charge is -2.40. The molecule has 0 saturated carbocycles. The second-order valence-electron chi connectivity index (χ2n) is 4.71. The molecule has 1 atom stereocenters. The summed E-state index contributed by atoms with van der Waals surface area (Å²) in [4.78, 5) is 20.7. The van der Waals surface area contributed by atoms with E-state index in [1.807, 2.05) is 18.0 Å². The predicted molar refractivity (Wildman–Crippen MR) is 70.5 cm³/mol. The number of piperazine rings is 1. The Balaban J connectivity index is 2.12. The lowest BCUT2D eigenvalue weighted by Crippen LogP contribution is -2.57. The van der Waals surface area contributed by atoms with Crippen LogP contribution in [0.25, 0.3) is 0 Å². The van der Waals surface area contributed by atoms with E-state index in [2.05, 4.69) is 22.2 Å². The third-order valence-corrected chi connectivity index (χ3v) is 3.29. The van der Waals surface area contributed by atoms with E-state index >= 15 is 0 Å². The summed E-state index contributed by atoms with van der Waals surface area (Å²) in [6.45, 7) is 3.42. The van der Waals surface area contributed by atoms with Gasteiger partial charge in [-0.15, -0.1) is 0 Å². The Bertz CT molecular complexity index is 395. The van der Waals surface area contributed by atoms with Crippen LogP contribution < -0.4 is 5.32 Å². The van der Waals surface area contributed by atoms with Gasteiger partial charge in [0.05, 0.1) is 11.6 Å². The summed E-state index contributed by atoms with van der Waals surface area (Å²) in [6.07, 6.45) is 3.32. The van der Waals surface area contributed by atoms with Crippen molar-refractivity contribution in [2.24, 2.45) is 0 Å². The van der Waals surface area contributed by atoms with Crippen LogP contribution in [0.2, 0.25) is 0 Å². The van der Waals surface area contributed by atoms with Crippen molar-refractivity contribution in [3.63, 3.8) is 0 Å². The Kier molecular flexibility index (Phi) is 4.28. The molecular formula is C13H20N4O. The van der Waals surface area contributed by atoms with E-state index in [1.165, 1.54) is 0 Å². The van der Waals surface area contributed by atoms with Crippen LogP contribution in [0.3, 0.4) is 0 Å². The zero-order valence-electron chi connectivity index (χ0n) is 11.0. The zero-order chi connectivity index (χ0) is 13.0. The smallest absolute Gasteiger partial charge is 0.255 e. The van der Waals surface area contributed by atoms with Crippen molar-refractivity contribution in [2.45, 2.75) is 6.04 Å². The molecule has 0 spiro atoms. The van der Waals surface area contributed by atoms with Crippen molar-refractivity contribution < 1.29 is 4.79 Å². The molecule has 1 unspecified atom stereocenters. The maximum Gasteiger partial charge on any atom is 0.255 e. The summed E-state index contributed by atoms with van der Waals surface area (Å²) >= 11 is 0. The molecule has 0 bridgehead atoms. The summed E-state index contributed by atoms with van der Waals surface area (Å²) in [7, 11) is 4.01. The van der Waals surface area contributed by atoms with Gasteiger partial charge >= 0.3 is 0 Å². The number of aromatic nitrogens is 1. The van der Waals surface area contributed by atoms with Crippen LogP contribution in [0.15, 0.2) is 24.5 Å². The van der Waals surface area contributed by atoms with Gasteiger partial charge in [-0.1, -0.05) is 0 Å². The molecule has 18 heavy (non-hydrogen) atoms. The maximum absolute atomic E-state index is 12.4. The number of rotatable bonds is 3. The van der Waals surface area contributed by atoms with Crippen molar-refractivity contribution in [3.05, 3.63) is 30.1 Å². The summed E-state index contributed by atoms with van der Waals surface area (Å²) < 4.78 is 0. The minimum Gasteiger partial charge on any atom is -0.332 e. The minimum absolute atomic E-state index is 0.0800. The van der Waals surface area contributed by atoms with Crippen LogP contribution in [0.1, 0.15) is 10.4 Å². The molecule has 0 radical (unpaired) electrons. The van der Waals surface area contributed by atoms with Crippen molar-refractivity contribution in [1.82, 2.24) is 20.1 Å². The maximum atomic E-state index is 12.4. The van der Waals surface area contributed by atoms with Crippen LogP contribution in [0, 0.1) is 0 Å². The molecule has 1 saturated heterocycles. The van der Waals surface area contributed by atoms with Crippen LogP contribution >= 0.6 is 0 Å². The summed E-state index contributed by atoms with van der Waals surface area (Å²) in [6, 6.07) is 3.85. The number of hydrogen-bond acceptors (Lipinski definition) is 4. The van der Waals surface area contributed by atoms with Crippen molar-refractivity contribution in [1.29, 1.82) is 0 Å². The van der Waals surface area contributed by atoms with Gasteiger partial charge in [-0.25, -0.2) is 0 Å². The molecule has 1 N–H and O–H groups in total. The average molecular weight is 248 g/mol. The van der Waals surface area contributed by atoms with Gasteiger partial charge in [-0.05, 0) is 26.2 Å². The number of likely N-dealkylation sites (N-methyl/N-ethyl adjacent to an activating group) is 2. The van der Waals surface area contributed by atoms with E-state index in [4.69, 9.17) is 0 Å². The van der Waals surface area contributed by atoms with Gasteiger partial charge in [0.25, 0.3) is 5.91 Å². The molecule has 1 amide bonds. The first-order chi connectivity index (χ1) is 8.72. The summed E-state index contributed by atoms with van der Waals surface area (Å²) in [5.74, 6) is 0.0800. The molecule has 2 heterocycles. The average Bonchev–Trinajstić information content (AvgIpc) is 2.40. The lowest BCUT2D eigenvalue weighted by atomic mass is 10.1. The van der Waals surface area contributed by atoms with Crippen molar-refractivity contribution in [3.8, 4) is 0 Å². The quantitative estimate of drug-likeness (QED) is 0.821. The summed E-state index contributed by atoms with van der Waals surface area (Å²) in [5, 5.41) is 3.16. The van der Waals surface area contributed by atoms with Gasteiger partial charge in [-0.2, -0.15) is 0 Å². The van der Waals surface area contributed by atoms with E-state index in [-0.39, 0.29) is 11.9 Å². The predicted octanol–water partition coefficient (Wildman–Crippen LogP) is 0.0572. The molecule has 0 aromatic carbocycles. The molecule has 1 aromatic rings. The molecule has 1 fully saturated rings. The second kappa shape index (κ2) is 5.93. The van der Waals surface area contributed by atoms with E-state index in [9.17, 15) is 4.79 Å². The molecule has 5 nitrogen and oxygen atoms in total. The fourth-order valence-corrected chi connectivity index (χ4v) is 2.34. The lowest BCUT2D eigenvalue weighted by molar-refractivity contribution is 0.0503. The van der Waals surface area contributed by atoms with E-state index in [0.717, 1.165) is 26.2 Å². The Morgan fingerprint density at radius 1 is 1.56 bits per heavy atom. The Morgan fingerprint density at radius 2 is 2.39 bits per heavy atom. The highest BCUT2D eigenvalue weighted by Gasteiger charge is 2.29. The fourth-order valence-electron chi connectivity index (χ4n) is 2.34. The first-order valence-corrected chi connectivity index (χ1v) is 6.26. The molecule has 98 valence electrons. The highest BCUT2D eigenvalue weighted by molar-refractivity contribution is 5.94. The molecular weight excluding hydrogens is 228 g/mol. The van der Waals surface area contributed by atoms with Crippen LogP contribution in [-0.2, 0) is 0 Å². The highest BCUT2D eigenvalue weighted by Crippen LogP contribution is 2.12. The van der Waals surface area contributed by atoms with Gasteiger partial charge in [0.2, 0.25) is 0 Å². The number of carbonyl (C=O) groups is 1. The first kappa shape index (κ1) is 13.0. The number of carbonyl (C=O) groups excluding carboxylic acids is 1. The second-order valence-corrected chi connectivity index (χ2v) is 4.71. The third-order valence-electron chi connectivity index (χ3n) is 3.29. The Labute approximate surface area is 108 Å². The van der Waals surface area contributed by atoms with E-state index in [0.29, 0.717) is 5.56 Å². The number of pyridine rings is 1.